The highest BCUT2D eigenvalue weighted by Gasteiger charge is 2.15. The number of nitrogens with one attached hydrogen (secondary N) is 3. The van der Waals surface area contributed by atoms with Gasteiger partial charge in [0.05, 0.1) is 5.75 Å². The van der Waals surface area contributed by atoms with Crippen LogP contribution in [0.4, 0.5) is 5.13 Å². The van der Waals surface area contributed by atoms with Crippen molar-refractivity contribution >= 4 is 40.0 Å². The lowest BCUT2D eigenvalue weighted by molar-refractivity contribution is -0.127. The van der Waals surface area contributed by atoms with Gasteiger partial charge in [-0.3, -0.25) is 9.59 Å². The average molecular weight is 331 g/mol. The number of aromatic nitrogens is 2. The summed E-state index contributed by atoms with van der Waals surface area (Å²) in [6.07, 6.45) is 0.868. The molecule has 0 bridgehead atoms. The summed E-state index contributed by atoms with van der Waals surface area (Å²) >= 11 is 2.71. The van der Waals surface area contributed by atoms with Crippen LogP contribution in [0.25, 0.3) is 0 Å². The molecule has 1 heterocycles. The Morgan fingerprint density at radius 1 is 1.33 bits per heavy atom. The minimum absolute atomic E-state index is 0.166. The summed E-state index contributed by atoms with van der Waals surface area (Å²) in [6.45, 7) is 7.02. The fourth-order valence-electron chi connectivity index (χ4n) is 1.37. The zero-order valence-electron chi connectivity index (χ0n) is 12.4. The fourth-order valence-corrected chi connectivity index (χ4v) is 3.00. The van der Waals surface area contributed by atoms with Gasteiger partial charge in [0.1, 0.15) is 6.04 Å². The average Bonchev–Trinajstić information content (AvgIpc) is 2.90. The normalized spacial score (nSPS) is 11.8. The molecule has 0 saturated heterocycles. The third kappa shape index (κ3) is 6.76. The molecule has 21 heavy (non-hydrogen) atoms. The Morgan fingerprint density at radius 2 is 2.10 bits per heavy atom. The molecule has 0 radical (unpaired) electrons. The summed E-state index contributed by atoms with van der Waals surface area (Å²) in [4.78, 5) is 23.4. The van der Waals surface area contributed by atoms with Gasteiger partial charge in [-0.05, 0) is 20.3 Å². The largest absolute Gasteiger partial charge is 0.360 e. The lowest BCUT2D eigenvalue weighted by Crippen LogP contribution is -2.45. The predicted octanol–water partition coefficient (Wildman–Crippen LogP) is 1.09. The van der Waals surface area contributed by atoms with Crippen LogP contribution in [-0.4, -0.2) is 46.9 Å². The van der Waals surface area contributed by atoms with Crippen LogP contribution in [0.3, 0.4) is 0 Å². The second-order valence-corrected chi connectivity index (χ2v) is 6.47. The van der Waals surface area contributed by atoms with Crippen LogP contribution < -0.4 is 16.0 Å². The highest BCUT2D eigenvalue weighted by molar-refractivity contribution is 8.01. The standard InChI is InChI=1S/C12H21N5O2S2/c1-4-6-14-10(19)8(3)15-9(18)7-20-12-17-16-11(21-12)13-5-2/h8H,4-7H2,1-3H3,(H,13,16)(H,14,19)(H,15,18)/t8-/m0/s1. The van der Waals surface area contributed by atoms with Gasteiger partial charge in [-0.15, -0.1) is 10.2 Å². The Bertz CT molecular complexity index is 466. The molecule has 0 unspecified atom stereocenters. The van der Waals surface area contributed by atoms with Gasteiger partial charge >= 0.3 is 0 Å². The summed E-state index contributed by atoms with van der Waals surface area (Å²) in [6, 6.07) is -0.531. The van der Waals surface area contributed by atoms with E-state index in [1.807, 2.05) is 13.8 Å². The summed E-state index contributed by atoms with van der Waals surface area (Å²) in [5.74, 6) is -0.147. The molecule has 0 fully saturated rings. The van der Waals surface area contributed by atoms with E-state index in [1.54, 1.807) is 6.92 Å². The summed E-state index contributed by atoms with van der Waals surface area (Å²) in [7, 11) is 0. The molecule has 118 valence electrons. The van der Waals surface area contributed by atoms with Gasteiger partial charge in [-0.25, -0.2) is 0 Å². The third-order valence-electron chi connectivity index (χ3n) is 2.38. The molecule has 7 nitrogen and oxygen atoms in total. The van der Waals surface area contributed by atoms with E-state index in [0.717, 1.165) is 22.4 Å². The molecule has 1 aromatic rings. The van der Waals surface area contributed by atoms with Crippen molar-refractivity contribution in [2.24, 2.45) is 0 Å². The molecular formula is C12H21N5O2S2. The lowest BCUT2D eigenvalue weighted by atomic mass is 10.3. The molecule has 2 amide bonds. The molecule has 1 aromatic heterocycles. The number of anilines is 1. The minimum Gasteiger partial charge on any atom is -0.360 e. The topological polar surface area (TPSA) is 96.0 Å². The van der Waals surface area contributed by atoms with Gasteiger partial charge in [-0.1, -0.05) is 30.0 Å². The number of hydrogen-bond donors (Lipinski definition) is 3. The van der Waals surface area contributed by atoms with Crippen molar-refractivity contribution in [1.82, 2.24) is 20.8 Å². The van der Waals surface area contributed by atoms with Crippen LogP contribution >= 0.6 is 23.1 Å². The zero-order valence-corrected chi connectivity index (χ0v) is 14.1. The van der Waals surface area contributed by atoms with Crippen molar-refractivity contribution in [3.8, 4) is 0 Å². The van der Waals surface area contributed by atoms with Crippen LogP contribution in [0, 0.1) is 0 Å². The number of nitrogens with zero attached hydrogens (tertiary/aromatic N) is 2. The lowest BCUT2D eigenvalue weighted by Gasteiger charge is -2.13. The maximum absolute atomic E-state index is 11.8. The van der Waals surface area contributed by atoms with E-state index in [1.165, 1.54) is 23.1 Å². The first-order chi connectivity index (χ1) is 10.1. The SMILES string of the molecule is CCCNC(=O)[C@H](C)NC(=O)CSc1nnc(NCC)s1. The predicted molar refractivity (Wildman–Crippen MR) is 85.7 cm³/mol. The molecule has 0 aliphatic heterocycles. The van der Waals surface area contributed by atoms with Crippen LogP contribution in [0.2, 0.25) is 0 Å². The first-order valence-electron chi connectivity index (χ1n) is 6.84. The number of carbonyl (C=O) groups excluding carboxylic acids is 2. The van der Waals surface area contributed by atoms with E-state index in [-0.39, 0.29) is 17.6 Å². The molecule has 9 heteroatoms. The Morgan fingerprint density at radius 3 is 2.76 bits per heavy atom. The highest BCUT2D eigenvalue weighted by Crippen LogP contribution is 2.24. The fraction of sp³-hybridized carbons (Fsp3) is 0.667. The number of rotatable bonds is 9. The molecule has 3 N–H and O–H groups in total. The Kier molecular flexibility index (Phi) is 8.06. The number of hydrogen-bond acceptors (Lipinski definition) is 7. The molecule has 0 saturated carbocycles. The van der Waals surface area contributed by atoms with Crippen LogP contribution in [0.5, 0.6) is 0 Å². The van der Waals surface area contributed by atoms with Crippen LogP contribution in [-0.2, 0) is 9.59 Å². The maximum Gasteiger partial charge on any atom is 0.242 e. The first-order valence-corrected chi connectivity index (χ1v) is 8.64. The van der Waals surface area contributed by atoms with E-state index in [4.69, 9.17) is 0 Å². The third-order valence-corrected chi connectivity index (χ3v) is 4.40. The second kappa shape index (κ2) is 9.56. The van der Waals surface area contributed by atoms with Crippen molar-refractivity contribution in [2.75, 3.05) is 24.2 Å². The van der Waals surface area contributed by atoms with E-state index in [2.05, 4.69) is 26.1 Å². The van der Waals surface area contributed by atoms with E-state index < -0.39 is 6.04 Å². The van der Waals surface area contributed by atoms with Gasteiger partial charge in [0.15, 0.2) is 4.34 Å². The van der Waals surface area contributed by atoms with Crippen molar-refractivity contribution in [3.63, 3.8) is 0 Å². The van der Waals surface area contributed by atoms with Gasteiger partial charge in [-0.2, -0.15) is 0 Å². The molecular weight excluding hydrogens is 310 g/mol. The summed E-state index contributed by atoms with van der Waals surface area (Å²) in [5.41, 5.74) is 0. The van der Waals surface area contributed by atoms with E-state index in [9.17, 15) is 9.59 Å². The molecule has 1 rings (SSSR count). The zero-order chi connectivity index (χ0) is 15.7. The van der Waals surface area contributed by atoms with Gasteiger partial charge < -0.3 is 16.0 Å². The van der Waals surface area contributed by atoms with Crippen molar-refractivity contribution < 1.29 is 9.59 Å². The summed E-state index contributed by atoms with van der Waals surface area (Å²) in [5, 5.41) is 17.1. The van der Waals surface area contributed by atoms with Gasteiger partial charge in [0, 0.05) is 13.1 Å². The smallest absolute Gasteiger partial charge is 0.242 e. The van der Waals surface area contributed by atoms with Crippen LogP contribution in [0.1, 0.15) is 27.2 Å². The Labute approximate surface area is 132 Å². The quantitative estimate of drug-likeness (QED) is 0.586. The Hall–Kier alpha value is -1.35. The second-order valence-electron chi connectivity index (χ2n) is 4.27. The minimum atomic E-state index is -0.531. The summed E-state index contributed by atoms with van der Waals surface area (Å²) < 4.78 is 0.726. The van der Waals surface area contributed by atoms with Crippen molar-refractivity contribution in [2.45, 2.75) is 37.6 Å². The molecule has 0 spiro atoms. The van der Waals surface area contributed by atoms with Crippen LogP contribution in [0.15, 0.2) is 4.34 Å². The van der Waals surface area contributed by atoms with Crippen molar-refractivity contribution in [1.29, 1.82) is 0 Å². The maximum atomic E-state index is 11.8. The number of thioether (sulfide) groups is 1. The van der Waals surface area contributed by atoms with E-state index >= 15 is 0 Å². The van der Waals surface area contributed by atoms with Gasteiger partial charge in [0.2, 0.25) is 16.9 Å². The van der Waals surface area contributed by atoms with Gasteiger partial charge in [0.25, 0.3) is 0 Å². The van der Waals surface area contributed by atoms with Crippen molar-refractivity contribution in [3.05, 3.63) is 0 Å². The van der Waals surface area contributed by atoms with E-state index in [0.29, 0.717) is 6.54 Å². The number of amides is 2. The Balaban J connectivity index is 2.31. The first kappa shape index (κ1) is 17.7. The molecule has 0 aliphatic carbocycles. The molecule has 1 atom stereocenters. The highest BCUT2D eigenvalue weighted by atomic mass is 32.2. The molecule has 0 aliphatic rings. The monoisotopic (exact) mass is 331 g/mol. The number of carbonyl (C=O) groups is 2. The molecule has 0 aromatic carbocycles.